The number of amides is 2. The lowest BCUT2D eigenvalue weighted by Crippen LogP contribution is -2.43. The van der Waals surface area contributed by atoms with Crippen molar-refractivity contribution in [3.8, 4) is 17.6 Å². The lowest BCUT2D eigenvalue weighted by molar-refractivity contribution is -0.128. The van der Waals surface area contributed by atoms with Crippen LogP contribution in [-0.4, -0.2) is 16.8 Å². The molecule has 0 bridgehead atoms. The fourth-order valence-electron chi connectivity index (χ4n) is 2.73. The van der Waals surface area contributed by atoms with E-state index >= 15 is 4.39 Å². The SMILES string of the molecule is N#Cc1cccc(C(=O)N(N)C(=O)Cc2ccc(Cl)c(Oc3cc(Cl)cc(Br)c3)c2F)c1. The van der Waals surface area contributed by atoms with Crippen LogP contribution in [0.25, 0.3) is 0 Å². The maximum absolute atomic E-state index is 15.1. The number of nitriles is 1. The number of hydrazine groups is 1. The molecule has 0 heterocycles. The maximum Gasteiger partial charge on any atom is 0.274 e. The number of nitrogens with two attached hydrogens (primary N) is 1. The minimum Gasteiger partial charge on any atom is -0.453 e. The number of benzene rings is 3. The zero-order valence-corrected chi connectivity index (χ0v) is 19.2. The molecular weight excluding hydrogens is 524 g/mol. The van der Waals surface area contributed by atoms with Gasteiger partial charge in [0.2, 0.25) is 5.91 Å². The predicted molar refractivity (Wildman–Crippen MR) is 121 cm³/mol. The van der Waals surface area contributed by atoms with Crippen molar-refractivity contribution in [1.82, 2.24) is 5.01 Å². The number of halogens is 4. The number of rotatable bonds is 5. The summed E-state index contributed by atoms with van der Waals surface area (Å²) < 4.78 is 21.2. The molecule has 0 aliphatic heterocycles. The molecule has 0 saturated carbocycles. The summed E-state index contributed by atoms with van der Waals surface area (Å²) in [7, 11) is 0. The molecule has 0 aliphatic carbocycles. The van der Waals surface area contributed by atoms with Crippen LogP contribution in [0.15, 0.2) is 59.1 Å². The quantitative estimate of drug-likeness (QED) is 0.258. The average Bonchev–Trinajstić information content (AvgIpc) is 2.76. The Morgan fingerprint density at radius 2 is 1.91 bits per heavy atom. The smallest absolute Gasteiger partial charge is 0.274 e. The Morgan fingerprint density at radius 3 is 2.59 bits per heavy atom. The van der Waals surface area contributed by atoms with Gasteiger partial charge in [-0.15, -0.1) is 0 Å². The fraction of sp³-hybridized carbons (Fsp3) is 0.0455. The third-order valence-corrected chi connectivity index (χ3v) is 5.23. The molecule has 0 radical (unpaired) electrons. The van der Waals surface area contributed by atoms with Crippen LogP contribution in [0.5, 0.6) is 11.5 Å². The topological polar surface area (TPSA) is 96.4 Å². The van der Waals surface area contributed by atoms with Gasteiger partial charge in [-0.2, -0.15) is 5.26 Å². The molecule has 6 nitrogen and oxygen atoms in total. The lowest BCUT2D eigenvalue weighted by atomic mass is 10.1. The molecule has 0 saturated heterocycles. The lowest BCUT2D eigenvalue weighted by Gasteiger charge is -2.16. The molecule has 10 heteroatoms. The van der Waals surface area contributed by atoms with Gasteiger partial charge >= 0.3 is 0 Å². The number of imide groups is 1. The van der Waals surface area contributed by atoms with Crippen molar-refractivity contribution in [2.45, 2.75) is 6.42 Å². The summed E-state index contributed by atoms with van der Waals surface area (Å²) in [5.74, 6) is 3.00. The Kier molecular flexibility index (Phi) is 7.48. The van der Waals surface area contributed by atoms with E-state index < -0.39 is 24.1 Å². The third kappa shape index (κ3) is 5.44. The fourth-order valence-corrected chi connectivity index (χ4v) is 3.74. The number of hydrogen-bond donors (Lipinski definition) is 1. The Hall–Kier alpha value is -2.96. The summed E-state index contributed by atoms with van der Waals surface area (Å²) in [6.45, 7) is 0. The van der Waals surface area contributed by atoms with E-state index in [-0.39, 0.29) is 33.2 Å². The molecule has 162 valence electrons. The van der Waals surface area contributed by atoms with Crippen LogP contribution in [0, 0.1) is 17.1 Å². The number of ether oxygens (including phenoxy) is 1. The van der Waals surface area contributed by atoms with Gasteiger partial charge < -0.3 is 4.74 Å². The van der Waals surface area contributed by atoms with E-state index in [1.165, 1.54) is 42.5 Å². The Bertz CT molecular complexity index is 1240. The van der Waals surface area contributed by atoms with E-state index in [1.54, 1.807) is 12.1 Å². The number of carbonyl (C=O) groups excluding carboxylic acids is 2. The normalized spacial score (nSPS) is 10.4. The first-order valence-electron chi connectivity index (χ1n) is 8.92. The second kappa shape index (κ2) is 10.1. The van der Waals surface area contributed by atoms with Crippen molar-refractivity contribution >= 4 is 50.9 Å². The summed E-state index contributed by atoms with van der Waals surface area (Å²) >= 11 is 15.3. The summed E-state index contributed by atoms with van der Waals surface area (Å²) in [6, 6.07) is 14.9. The largest absolute Gasteiger partial charge is 0.453 e. The highest BCUT2D eigenvalue weighted by atomic mass is 79.9. The Balaban J connectivity index is 1.82. The van der Waals surface area contributed by atoms with Crippen LogP contribution in [0.3, 0.4) is 0 Å². The molecule has 0 aliphatic rings. The molecule has 0 aromatic heterocycles. The van der Waals surface area contributed by atoms with Crippen molar-refractivity contribution in [2.24, 2.45) is 5.84 Å². The van der Waals surface area contributed by atoms with E-state index in [4.69, 9.17) is 39.0 Å². The van der Waals surface area contributed by atoms with Gasteiger partial charge in [-0.25, -0.2) is 15.2 Å². The highest BCUT2D eigenvalue weighted by Gasteiger charge is 2.23. The zero-order valence-electron chi connectivity index (χ0n) is 16.1. The van der Waals surface area contributed by atoms with Crippen molar-refractivity contribution in [3.63, 3.8) is 0 Å². The van der Waals surface area contributed by atoms with Crippen LogP contribution < -0.4 is 10.6 Å². The van der Waals surface area contributed by atoms with E-state index in [0.717, 1.165) is 0 Å². The van der Waals surface area contributed by atoms with E-state index in [9.17, 15) is 9.59 Å². The van der Waals surface area contributed by atoms with Crippen LogP contribution in [0.2, 0.25) is 10.0 Å². The van der Waals surface area contributed by atoms with Crippen molar-refractivity contribution in [2.75, 3.05) is 0 Å². The van der Waals surface area contributed by atoms with Gasteiger partial charge in [0.15, 0.2) is 11.6 Å². The molecule has 0 spiro atoms. The van der Waals surface area contributed by atoms with Gasteiger partial charge in [0.05, 0.1) is 23.1 Å². The second-order valence-electron chi connectivity index (χ2n) is 6.50. The Labute approximate surface area is 201 Å². The van der Waals surface area contributed by atoms with Crippen molar-refractivity contribution in [1.29, 1.82) is 5.26 Å². The maximum atomic E-state index is 15.1. The van der Waals surface area contributed by atoms with Crippen LogP contribution >= 0.6 is 39.1 Å². The van der Waals surface area contributed by atoms with Crippen molar-refractivity contribution < 1.29 is 18.7 Å². The third-order valence-electron chi connectivity index (χ3n) is 4.25. The highest BCUT2D eigenvalue weighted by molar-refractivity contribution is 9.10. The molecule has 0 atom stereocenters. The van der Waals surface area contributed by atoms with Crippen LogP contribution in [0.1, 0.15) is 21.5 Å². The minimum absolute atomic E-state index is 0.0243. The van der Waals surface area contributed by atoms with Gasteiger partial charge in [0.25, 0.3) is 5.91 Å². The van der Waals surface area contributed by atoms with Gasteiger partial charge in [0, 0.05) is 20.6 Å². The van der Waals surface area contributed by atoms with Crippen LogP contribution in [-0.2, 0) is 11.2 Å². The number of nitrogens with zero attached hydrogens (tertiary/aromatic N) is 2. The summed E-state index contributed by atoms with van der Waals surface area (Å²) in [6.07, 6.45) is -0.529. The predicted octanol–water partition coefficient (Wildman–Crippen LogP) is 5.64. The van der Waals surface area contributed by atoms with E-state index in [1.807, 2.05) is 6.07 Å². The molecule has 2 amide bonds. The monoisotopic (exact) mass is 535 g/mol. The van der Waals surface area contributed by atoms with E-state index in [2.05, 4.69) is 15.9 Å². The van der Waals surface area contributed by atoms with E-state index in [0.29, 0.717) is 14.5 Å². The highest BCUT2D eigenvalue weighted by Crippen LogP contribution is 2.36. The molecule has 32 heavy (non-hydrogen) atoms. The minimum atomic E-state index is -0.880. The standard InChI is InChI=1S/C22H13BrCl2FN3O3/c23-15-8-16(24)10-17(9-15)32-21-18(25)5-4-13(20(21)26)7-19(30)29(28)22(31)14-3-1-2-12(6-14)11-27/h1-6,8-10H,7,28H2. The molecule has 3 rings (SSSR count). The number of carbonyl (C=O) groups is 2. The first-order valence-corrected chi connectivity index (χ1v) is 10.5. The zero-order chi connectivity index (χ0) is 23.4. The van der Waals surface area contributed by atoms with Gasteiger partial charge in [-0.3, -0.25) is 9.59 Å². The molecule has 3 aromatic rings. The van der Waals surface area contributed by atoms with Gasteiger partial charge in [0.1, 0.15) is 5.75 Å². The molecule has 0 unspecified atom stereocenters. The molecule has 3 aromatic carbocycles. The first kappa shape index (κ1) is 23.7. The second-order valence-corrected chi connectivity index (χ2v) is 8.25. The van der Waals surface area contributed by atoms with Crippen molar-refractivity contribution in [3.05, 3.63) is 91.6 Å². The average molecular weight is 537 g/mol. The summed E-state index contributed by atoms with van der Waals surface area (Å²) in [5, 5.41) is 9.66. The summed E-state index contributed by atoms with van der Waals surface area (Å²) in [5.41, 5.74) is 0.200. The number of hydrogen-bond acceptors (Lipinski definition) is 5. The van der Waals surface area contributed by atoms with Crippen LogP contribution in [0.4, 0.5) is 4.39 Å². The Morgan fingerprint density at radius 1 is 1.16 bits per heavy atom. The van der Waals surface area contributed by atoms with Gasteiger partial charge in [-0.05, 0) is 42.5 Å². The molecule has 2 N–H and O–H groups in total. The molecular formula is C22H13BrCl2FN3O3. The van der Waals surface area contributed by atoms with Gasteiger partial charge in [-0.1, -0.05) is 51.3 Å². The summed E-state index contributed by atoms with van der Waals surface area (Å²) in [4.78, 5) is 25.0. The first-order chi connectivity index (χ1) is 15.2. The molecule has 0 fully saturated rings.